The van der Waals surface area contributed by atoms with Crippen LogP contribution in [-0.2, 0) is 14.8 Å². The Morgan fingerprint density at radius 1 is 1.31 bits per heavy atom. The molecule has 0 fully saturated rings. The van der Waals surface area contributed by atoms with Crippen molar-refractivity contribution in [1.29, 1.82) is 0 Å². The molecule has 26 heavy (non-hydrogen) atoms. The van der Waals surface area contributed by atoms with Crippen molar-refractivity contribution < 1.29 is 17.9 Å². The van der Waals surface area contributed by atoms with Gasteiger partial charge in [0.1, 0.15) is 5.75 Å². The minimum atomic E-state index is -3.37. The Kier molecular flexibility index (Phi) is 5.47. The lowest BCUT2D eigenvalue weighted by atomic mass is 10.1. The second-order valence-electron chi connectivity index (χ2n) is 5.98. The Hall–Kier alpha value is -2.13. The van der Waals surface area contributed by atoms with Gasteiger partial charge in [0, 0.05) is 17.5 Å². The van der Waals surface area contributed by atoms with Crippen LogP contribution >= 0.6 is 11.3 Å². The average Bonchev–Trinajstić information content (AvgIpc) is 3.04. The summed E-state index contributed by atoms with van der Waals surface area (Å²) in [6.07, 6.45) is 1.38. The number of sulfonamides is 1. The number of hydrogen-bond acceptors (Lipinski definition) is 6. The van der Waals surface area contributed by atoms with Crippen LogP contribution in [0.2, 0.25) is 0 Å². The number of amides is 1. The predicted molar refractivity (Wildman–Crippen MR) is 103 cm³/mol. The molecule has 0 aliphatic carbocycles. The number of benzene rings is 1. The third kappa shape index (κ3) is 3.99. The van der Waals surface area contributed by atoms with Gasteiger partial charge in [0.15, 0.2) is 11.7 Å². The summed E-state index contributed by atoms with van der Waals surface area (Å²) in [6.45, 7) is 4.50. The SMILES string of the molecule is CCCN1C(=O)COc2ccc(-c3csc(NS(=O)(=O)CCC)n3)cc21. The first-order valence-electron chi connectivity index (χ1n) is 8.47. The van der Waals surface area contributed by atoms with E-state index in [0.717, 1.165) is 17.7 Å². The molecule has 0 unspecified atom stereocenters. The van der Waals surface area contributed by atoms with Crippen LogP contribution in [0.3, 0.4) is 0 Å². The molecule has 7 nitrogen and oxygen atoms in total. The fourth-order valence-corrected chi connectivity index (χ4v) is 4.82. The lowest BCUT2D eigenvalue weighted by molar-refractivity contribution is -0.121. The molecule has 0 bridgehead atoms. The van der Waals surface area contributed by atoms with Gasteiger partial charge in [0.25, 0.3) is 5.91 Å². The maximum absolute atomic E-state index is 12.1. The number of aromatic nitrogens is 1. The quantitative estimate of drug-likeness (QED) is 0.778. The second kappa shape index (κ2) is 7.63. The highest BCUT2D eigenvalue weighted by Gasteiger charge is 2.25. The first kappa shape index (κ1) is 18.7. The molecule has 0 saturated heterocycles. The van der Waals surface area contributed by atoms with E-state index in [2.05, 4.69) is 9.71 Å². The van der Waals surface area contributed by atoms with Crippen molar-refractivity contribution in [3.8, 4) is 17.0 Å². The van der Waals surface area contributed by atoms with E-state index in [9.17, 15) is 13.2 Å². The number of rotatable bonds is 7. The largest absolute Gasteiger partial charge is 0.482 e. The summed E-state index contributed by atoms with van der Waals surface area (Å²) < 4.78 is 31.8. The first-order valence-corrected chi connectivity index (χ1v) is 11.0. The van der Waals surface area contributed by atoms with Crippen LogP contribution in [0.4, 0.5) is 10.8 Å². The van der Waals surface area contributed by atoms with Crippen molar-refractivity contribution in [2.24, 2.45) is 0 Å². The van der Waals surface area contributed by atoms with Crippen LogP contribution in [0.5, 0.6) is 5.75 Å². The fourth-order valence-electron chi connectivity index (χ4n) is 2.74. The van der Waals surface area contributed by atoms with Crippen molar-refractivity contribution in [2.75, 3.05) is 28.5 Å². The van der Waals surface area contributed by atoms with Crippen molar-refractivity contribution in [3.63, 3.8) is 0 Å². The molecule has 0 saturated carbocycles. The molecule has 0 spiro atoms. The maximum Gasteiger partial charge on any atom is 0.265 e. The number of thiazole rings is 1. The minimum absolute atomic E-state index is 0.0480. The number of ether oxygens (including phenoxy) is 1. The van der Waals surface area contributed by atoms with Gasteiger partial charge >= 0.3 is 0 Å². The molecule has 1 aromatic carbocycles. The first-order chi connectivity index (χ1) is 12.4. The molecule has 0 radical (unpaired) electrons. The summed E-state index contributed by atoms with van der Waals surface area (Å²) in [5.41, 5.74) is 2.18. The Bertz CT molecular complexity index is 908. The van der Waals surface area contributed by atoms with Crippen molar-refractivity contribution in [2.45, 2.75) is 26.7 Å². The number of carbonyl (C=O) groups is 1. The van der Waals surface area contributed by atoms with E-state index < -0.39 is 10.0 Å². The molecule has 2 heterocycles. The van der Waals surface area contributed by atoms with Gasteiger partial charge in [0.05, 0.1) is 17.1 Å². The van der Waals surface area contributed by atoms with Crippen LogP contribution in [0.15, 0.2) is 23.6 Å². The van der Waals surface area contributed by atoms with Gasteiger partial charge in [-0.15, -0.1) is 11.3 Å². The summed E-state index contributed by atoms with van der Waals surface area (Å²) in [4.78, 5) is 18.2. The summed E-state index contributed by atoms with van der Waals surface area (Å²) in [5.74, 6) is 0.662. The van der Waals surface area contributed by atoms with E-state index in [1.165, 1.54) is 11.3 Å². The number of hydrogen-bond donors (Lipinski definition) is 1. The second-order valence-corrected chi connectivity index (χ2v) is 8.68. The lowest BCUT2D eigenvalue weighted by Crippen LogP contribution is -2.39. The van der Waals surface area contributed by atoms with Gasteiger partial charge in [0.2, 0.25) is 10.0 Å². The topological polar surface area (TPSA) is 88.6 Å². The van der Waals surface area contributed by atoms with Crippen LogP contribution in [0.25, 0.3) is 11.3 Å². The number of carbonyl (C=O) groups excluding carboxylic acids is 1. The van der Waals surface area contributed by atoms with E-state index in [-0.39, 0.29) is 18.3 Å². The molecular weight excluding hydrogens is 374 g/mol. The highest BCUT2D eigenvalue weighted by atomic mass is 32.2. The fraction of sp³-hybridized carbons (Fsp3) is 0.412. The van der Waals surface area contributed by atoms with Crippen molar-refractivity contribution >= 4 is 38.1 Å². The monoisotopic (exact) mass is 395 g/mol. The Balaban J connectivity index is 1.88. The van der Waals surface area contributed by atoms with Gasteiger partial charge < -0.3 is 9.64 Å². The van der Waals surface area contributed by atoms with Crippen LogP contribution in [-0.4, -0.2) is 38.2 Å². The molecule has 0 atom stereocenters. The van der Waals surface area contributed by atoms with E-state index in [1.54, 1.807) is 10.3 Å². The third-order valence-corrected chi connectivity index (χ3v) is 6.20. The smallest absolute Gasteiger partial charge is 0.265 e. The van der Waals surface area contributed by atoms with Crippen LogP contribution in [0.1, 0.15) is 26.7 Å². The molecule has 9 heteroatoms. The van der Waals surface area contributed by atoms with Gasteiger partial charge in [-0.2, -0.15) is 0 Å². The standard InChI is InChI=1S/C17H21N3O4S2/c1-3-7-20-14-9-12(5-6-15(14)24-10-16(20)21)13-11-25-17(18-13)19-26(22,23)8-4-2/h5-6,9,11H,3-4,7-8,10H2,1-2H3,(H,18,19). The molecular formula is C17H21N3O4S2. The summed E-state index contributed by atoms with van der Waals surface area (Å²) in [6, 6.07) is 5.54. The molecule has 1 aliphatic rings. The lowest BCUT2D eigenvalue weighted by Gasteiger charge is -2.29. The molecule has 3 rings (SSSR count). The Morgan fingerprint density at radius 2 is 2.12 bits per heavy atom. The zero-order valence-corrected chi connectivity index (χ0v) is 16.3. The summed E-state index contributed by atoms with van der Waals surface area (Å²) >= 11 is 1.23. The van der Waals surface area contributed by atoms with Gasteiger partial charge in [-0.1, -0.05) is 13.8 Å². The third-order valence-electron chi connectivity index (χ3n) is 3.86. The van der Waals surface area contributed by atoms with Crippen molar-refractivity contribution in [1.82, 2.24) is 4.98 Å². The number of fused-ring (bicyclic) bond motifs is 1. The summed E-state index contributed by atoms with van der Waals surface area (Å²) in [7, 11) is -3.37. The van der Waals surface area contributed by atoms with Gasteiger partial charge in [-0.25, -0.2) is 13.4 Å². The average molecular weight is 396 g/mol. The number of anilines is 2. The molecule has 2 aromatic rings. The minimum Gasteiger partial charge on any atom is -0.482 e. The normalized spacial score (nSPS) is 14.1. The molecule has 1 amide bonds. The van der Waals surface area contributed by atoms with E-state index in [0.29, 0.717) is 29.5 Å². The summed E-state index contributed by atoms with van der Waals surface area (Å²) in [5, 5.41) is 2.13. The Morgan fingerprint density at radius 3 is 2.85 bits per heavy atom. The van der Waals surface area contributed by atoms with E-state index in [4.69, 9.17) is 4.74 Å². The van der Waals surface area contributed by atoms with Gasteiger partial charge in [-0.05, 0) is 31.0 Å². The highest BCUT2D eigenvalue weighted by Crippen LogP contribution is 2.37. The number of nitrogens with one attached hydrogen (secondary N) is 1. The van der Waals surface area contributed by atoms with E-state index in [1.807, 2.05) is 32.0 Å². The van der Waals surface area contributed by atoms with Gasteiger partial charge in [-0.3, -0.25) is 9.52 Å². The molecule has 1 aliphatic heterocycles. The van der Waals surface area contributed by atoms with Crippen LogP contribution < -0.4 is 14.4 Å². The number of nitrogens with zero attached hydrogens (tertiary/aromatic N) is 2. The predicted octanol–water partition coefficient (Wildman–Crippen LogP) is 3.10. The Labute approximate surface area is 157 Å². The highest BCUT2D eigenvalue weighted by molar-refractivity contribution is 7.92. The van der Waals surface area contributed by atoms with E-state index >= 15 is 0 Å². The van der Waals surface area contributed by atoms with Crippen LogP contribution in [0, 0.1) is 0 Å². The zero-order chi connectivity index (χ0) is 18.7. The zero-order valence-electron chi connectivity index (χ0n) is 14.7. The molecule has 1 N–H and O–H groups in total. The maximum atomic E-state index is 12.1. The molecule has 1 aromatic heterocycles. The molecule has 140 valence electrons. The van der Waals surface area contributed by atoms with Crippen molar-refractivity contribution in [3.05, 3.63) is 23.6 Å².